The molecule has 1 aliphatic heterocycles. The third-order valence-corrected chi connectivity index (χ3v) is 4.35. The van der Waals surface area contributed by atoms with Crippen molar-refractivity contribution in [2.24, 2.45) is 0 Å². The fraction of sp³-hybridized carbons (Fsp3) is 0.611. The molecule has 0 saturated carbocycles. The predicted molar refractivity (Wildman–Crippen MR) is 90.4 cm³/mol. The van der Waals surface area contributed by atoms with E-state index in [2.05, 4.69) is 5.32 Å². The van der Waals surface area contributed by atoms with E-state index in [-0.39, 0.29) is 17.8 Å². The van der Waals surface area contributed by atoms with Gasteiger partial charge in [0, 0.05) is 25.6 Å². The van der Waals surface area contributed by atoms with Crippen LogP contribution in [0.4, 0.5) is 4.39 Å². The molecule has 1 fully saturated rings. The minimum absolute atomic E-state index is 0.146. The van der Waals surface area contributed by atoms with Crippen molar-refractivity contribution >= 4 is 5.91 Å². The minimum Gasteiger partial charge on any atom is -0.492 e. The molecule has 1 aliphatic rings. The summed E-state index contributed by atoms with van der Waals surface area (Å²) in [6, 6.07) is 6.18. The first-order valence-electron chi connectivity index (χ1n) is 8.66. The molecule has 0 radical (unpaired) electrons. The summed E-state index contributed by atoms with van der Waals surface area (Å²) in [7, 11) is 0. The van der Waals surface area contributed by atoms with Gasteiger partial charge in [0.05, 0.1) is 6.10 Å². The van der Waals surface area contributed by atoms with Gasteiger partial charge in [0.25, 0.3) is 0 Å². The second-order valence-corrected chi connectivity index (χ2v) is 6.14. The van der Waals surface area contributed by atoms with Crippen LogP contribution in [0.5, 0.6) is 5.75 Å². The third-order valence-electron chi connectivity index (χ3n) is 4.35. The molecule has 0 spiro atoms. The topological polar surface area (TPSA) is 61.8 Å². The van der Waals surface area contributed by atoms with Crippen molar-refractivity contribution in [3.8, 4) is 5.75 Å². The fourth-order valence-electron chi connectivity index (χ4n) is 2.87. The summed E-state index contributed by atoms with van der Waals surface area (Å²) < 4.78 is 18.3. The van der Waals surface area contributed by atoms with E-state index in [1.165, 1.54) is 12.1 Å². The van der Waals surface area contributed by atoms with Crippen molar-refractivity contribution < 1.29 is 19.0 Å². The lowest BCUT2D eigenvalue weighted by Crippen LogP contribution is -2.40. The molecule has 5 nitrogen and oxygen atoms in total. The number of likely N-dealkylation sites (tertiary alicyclic amines) is 1. The average molecular weight is 338 g/mol. The molecule has 2 N–H and O–H groups in total. The highest BCUT2D eigenvalue weighted by Crippen LogP contribution is 2.21. The van der Waals surface area contributed by atoms with Crippen molar-refractivity contribution in [3.05, 3.63) is 30.1 Å². The van der Waals surface area contributed by atoms with Crippen molar-refractivity contribution in [3.63, 3.8) is 0 Å². The van der Waals surface area contributed by atoms with Crippen LogP contribution in [-0.4, -0.2) is 54.3 Å². The van der Waals surface area contributed by atoms with E-state index in [1.54, 1.807) is 12.1 Å². The molecule has 0 aromatic heterocycles. The molecule has 2 rings (SSSR count). The molecule has 0 unspecified atom stereocenters. The van der Waals surface area contributed by atoms with Gasteiger partial charge in [-0.15, -0.1) is 0 Å². The highest BCUT2D eigenvalue weighted by atomic mass is 19.1. The maximum Gasteiger partial charge on any atom is 0.222 e. The molecule has 1 aromatic rings. The lowest BCUT2D eigenvalue weighted by molar-refractivity contribution is -0.130. The number of nitrogens with one attached hydrogen (secondary N) is 1. The number of ether oxygens (including phenoxy) is 1. The molecule has 0 aliphatic carbocycles. The van der Waals surface area contributed by atoms with Crippen LogP contribution in [0.15, 0.2) is 24.3 Å². The van der Waals surface area contributed by atoms with E-state index in [0.717, 1.165) is 19.4 Å². The number of aliphatic hydroxyl groups is 1. The Morgan fingerprint density at radius 2 is 2.12 bits per heavy atom. The summed E-state index contributed by atoms with van der Waals surface area (Å²) in [5.41, 5.74) is 0. The van der Waals surface area contributed by atoms with E-state index in [4.69, 9.17) is 4.74 Å². The number of halogens is 1. The lowest BCUT2D eigenvalue weighted by Gasteiger charge is -2.27. The normalized spacial score (nSPS) is 18.9. The van der Waals surface area contributed by atoms with Gasteiger partial charge >= 0.3 is 0 Å². The van der Waals surface area contributed by atoms with Crippen LogP contribution in [0.2, 0.25) is 0 Å². The van der Waals surface area contributed by atoms with E-state index in [1.807, 2.05) is 11.8 Å². The Hall–Kier alpha value is -1.66. The van der Waals surface area contributed by atoms with Gasteiger partial charge in [-0.05, 0) is 50.1 Å². The zero-order valence-corrected chi connectivity index (χ0v) is 14.2. The van der Waals surface area contributed by atoms with Gasteiger partial charge in [-0.3, -0.25) is 4.79 Å². The van der Waals surface area contributed by atoms with Crippen LogP contribution >= 0.6 is 0 Å². The molecule has 134 valence electrons. The van der Waals surface area contributed by atoms with Crippen LogP contribution in [0.3, 0.4) is 0 Å². The highest BCUT2D eigenvalue weighted by molar-refractivity contribution is 5.78. The van der Waals surface area contributed by atoms with E-state index >= 15 is 0 Å². The quantitative estimate of drug-likeness (QED) is 0.640. The number of hydrogen-bond donors (Lipinski definition) is 2. The Balaban J connectivity index is 1.61. The number of carbonyl (C=O) groups excluding carboxylic acids is 1. The number of nitrogens with zero attached hydrogens (tertiary/aromatic N) is 1. The molecule has 2 atom stereocenters. The minimum atomic E-state index is -0.438. The number of carbonyl (C=O) groups is 1. The first-order valence-corrected chi connectivity index (χ1v) is 8.66. The van der Waals surface area contributed by atoms with Gasteiger partial charge in [-0.2, -0.15) is 0 Å². The monoisotopic (exact) mass is 338 g/mol. The molecule has 1 saturated heterocycles. The number of amides is 1. The number of aliphatic hydroxyl groups excluding tert-OH is 1. The Bertz CT molecular complexity index is 509. The van der Waals surface area contributed by atoms with Gasteiger partial charge in [0.2, 0.25) is 5.91 Å². The van der Waals surface area contributed by atoms with Crippen LogP contribution in [0, 0.1) is 5.82 Å². The molecule has 6 heteroatoms. The van der Waals surface area contributed by atoms with Gasteiger partial charge < -0.3 is 20.1 Å². The van der Waals surface area contributed by atoms with Crippen molar-refractivity contribution in [2.75, 3.05) is 26.2 Å². The zero-order valence-electron chi connectivity index (χ0n) is 14.2. The highest BCUT2D eigenvalue weighted by Gasteiger charge is 2.31. The summed E-state index contributed by atoms with van der Waals surface area (Å²) in [6.45, 7) is 4.35. The van der Waals surface area contributed by atoms with Crippen LogP contribution in [-0.2, 0) is 4.79 Å². The summed E-state index contributed by atoms with van der Waals surface area (Å²) in [4.78, 5) is 13.7. The Morgan fingerprint density at radius 1 is 1.38 bits per heavy atom. The van der Waals surface area contributed by atoms with E-state index < -0.39 is 6.10 Å². The number of hydrogen-bond acceptors (Lipinski definition) is 4. The van der Waals surface area contributed by atoms with Crippen molar-refractivity contribution in [1.82, 2.24) is 10.2 Å². The number of rotatable bonds is 10. The summed E-state index contributed by atoms with van der Waals surface area (Å²) in [5.74, 6) is 0.524. The maximum atomic E-state index is 12.8. The molecule has 24 heavy (non-hydrogen) atoms. The Kier molecular flexibility index (Phi) is 7.46. The molecule has 1 heterocycles. The summed E-state index contributed by atoms with van der Waals surface area (Å²) in [5, 5.41) is 13.1. The third kappa shape index (κ3) is 5.76. The van der Waals surface area contributed by atoms with Gasteiger partial charge in [0.15, 0.2) is 0 Å². The second-order valence-electron chi connectivity index (χ2n) is 6.14. The fourth-order valence-corrected chi connectivity index (χ4v) is 2.87. The van der Waals surface area contributed by atoms with E-state index in [9.17, 15) is 14.3 Å². The smallest absolute Gasteiger partial charge is 0.222 e. The average Bonchev–Trinajstić information content (AvgIpc) is 2.92. The molecular weight excluding hydrogens is 311 g/mol. The van der Waals surface area contributed by atoms with Crippen LogP contribution in [0.1, 0.15) is 32.6 Å². The first-order chi connectivity index (χ1) is 11.6. The second kappa shape index (κ2) is 9.59. The molecular formula is C18H27FN2O3. The standard InChI is InChI=1S/C18H27FN2O3/c1-2-16(22)13-21-15(5-8-18(21)23)9-10-20-11-12-24-17-6-3-14(19)4-7-17/h3-4,6-7,15-16,20,22H,2,5,8-13H2,1H3/t15-,16+/m1/s1. The lowest BCUT2D eigenvalue weighted by atomic mass is 10.1. The zero-order chi connectivity index (χ0) is 17.4. The van der Waals surface area contributed by atoms with Crippen molar-refractivity contribution in [2.45, 2.75) is 44.8 Å². The Labute approximate surface area is 142 Å². The summed E-state index contributed by atoms with van der Waals surface area (Å²) >= 11 is 0. The van der Waals surface area contributed by atoms with Crippen LogP contribution < -0.4 is 10.1 Å². The van der Waals surface area contributed by atoms with Crippen molar-refractivity contribution in [1.29, 1.82) is 0 Å². The van der Waals surface area contributed by atoms with E-state index in [0.29, 0.717) is 38.3 Å². The van der Waals surface area contributed by atoms with Gasteiger partial charge in [-0.25, -0.2) is 4.39 Å². The van der Waals surface area contributed by atoms with Crippen LogP contribution in [0.25, 0.3) is 0 Å². The SMILES string of the molecule is CC[C@H](O)CN1C(=O)CC[C@@H]1CCNCCOc1ccc(F)cc1. The predicted octanol–water partition coefficient (Wildman–Crippen LogP) is 1.95. The number of β-amino-alcohol motifs (C(OH)–C–C–N with tert-alkyl or cyclic N) is 1. The molecule has 0 bridgehead atoms. The van der Waals surface area contributed by atoms with Gasteiger partial charge in [-0.1, -0.05) is 6.92 Å². The first kappa shape index (κ1) is 18.7. The van der Waals surface area contributed by atoms with Gasteiger partial charge in [0.1, 0.15) is 18.2 Å². The Morgan fingerprint density at radius 3 is 2.83 bits per heavy atom. The number of benzene rings is 1. The largest absolute Gasteiger partial charge is 0.492 e. The molecule has 1 aromatic carbocycles. The molecule has 1 amide bonds. The maximum absolute atomic E-state index is 12.8. The summed E-state index contributed by atoms with van der Waals surface area (Å²) in [6.07, 6.45) is 2.54.